The van der Waals surface area contributed by atoms with Crippen LogP contribution in [0.25, 0.3) is 0 Å². The Morgan fingerprint density at radius 1 is 0.920 bits per heavy atom. The molecule has 1 aliphatic rings. The number of anilines is 1. The lowest BCUT2D eigenvalue weighted by Gasteiger charge is -2.34. The predicted molar refractivity (Wildman–Crippen MR) is 102 cm³/mol. The first-order valence-electron chi connectivity index (χ1n) is 8.53. The average Bonchev–Trinajstić information content (AvgIpc) is 2.67. The first-order chi connectivity index (χ1) is 12.2. The van der Waals surface area contributed by atoms with Crippen molar-refractivity contribution in [3.8, 4) is 11.5 Å². The van der Waals surface area contributed by atoms with Crippen LogP contribution < -0.4 is 14.4 Å². The van der Waals surface area contributed by atoms with Gasteiger partial charge in [-0.1, -0.05) is 23.8 Å². The molecule has 0 aromatic heterocycles. The van der Waals surface area contributed by atoms with E-state index in [1.54, 1.807) is 14.2 Å². The van der Waals surface area contributed by atoms with Crippen molar-refractivity contribution in [3.05, 3.63) is 53.6 Å². The third-order valence-electron chi connectivity index (χ3n) is 4.45. The molecule has 3 rings (SSSR count). The number of piperazine rings is 1. The number of aryl methyl sites for hydroxylation is 1. The molecule has 0 saturated carbocycles. The van der Waals surface area contributed by atoms with E-state index in [0.29, 0.717) is 5.75 Å². The number of ether oxygens (including phenoxy) is 2. The summed E-state index contributed by atoms with van der Waals surface area (Å²) >= 11 is 0. The molecule has 25 heavy (non-hydrogen) atoms. The van der Waals surface area contributed by atoms with Gasteiger partial charge in [-0.15, -0.1) is 0 Å². The van der Waals surface area contributed by atoms with Crippen molar-refractivity contribution in [2.24, 2.45) is 5.10 Å². The van der Waals surface area contributed by atoms with E-state index < -0.39 is 0 Å². The van der Waals surface area contributed by atoms with Crippen molar-refractivity contribution in [2.45, 2.75) is 6.92 Å². The highest BCUT2D eigenvalue weighted by atomic mass is 16.5. The van der Waals surface area contributed by atoms with E-state index in [1.165, 1.54) is 11.3 Å². The lowest BCUT2D eigenvalue weighted by atomic mass is 10.2. The van der Waals surface area contributed by atoms with Gasteiger partial charge in [-0.05, 0) is 31.2 Å². The molecule has 1 saturated heterocycles. The standard InChI is InChI=1S/C20H25N3O2/c1-16-7-9-18(10-8-16)22-11-13-23(14-12-22)21-15-17-5-4-6-19(24-2)20(17)25-3/h4-10,15H,11-14H2,1-3H3/b21-15-. The third-order valence-corrected chi connectivity index (χ3v) is 4.45. The van der Waals surface area contributed by atoms with E-state index in [-0.39, 0.29) is 0 Å². The fourth-order valence-electron chi connectivity index (χ4n) is 2.98. The van der Waals surface area contributed by atoms with E-state index in [0.717, 1.165) is 37.5 Å². The van der Waals surface area contributed by atoms with Crippen LogP contribution >= 0.6 is 0 Å². The molecule has 1 heterocycles. The van der Waals surface area contributed by atoms with Crippen LogP contribution in [0.2, 0.25) is 0 Å². The van der Waals surface area contributed by atoms with Crippen molar-refractivity contribution in [2.75, 3.05) is 45.3 Å². The Labute approximate surface area is 149 Å². The Morgan fingerprint density at radius 3 is 2.28 bits per heavy atom. The van der Waals surface area contributed by atoms with E-state index >= 15 is 0 Å². The smallest absolute Gasteiger partial charge is 0.169 e. The molecule has 2 aromatic rings. The highest BCUT2D eigenvalue weighted by Gasteiger charge is 2.16. The number of nitrogens with zero attached hydrogens (tertiary/aromatic N) is 3. The quantitative estimate of drug-likeness (QED) is 0.784. The summed E-state index contributed by atoms with van der Waals surface area (Å²) in [6.45, 7) is 5.85. The molecule has 0 aliphatic carbocycles. The van der Waals surface area contributed by atoms with Gasteiger partial charge in [-0.2, -0.15) is 5.10 Å². The second-order valence-corrected chi connectivity index (χ2v) is 6.10. The summed E-state index contributed by atoms with van der Waals surface area (Å²) in [7, 11) is 3.29. The molecule has 0 spiro atoms. The van der Waals surface area contributed by atoms with Crippen LogP contribution in [0.4, 0.5) is 5.69 Å². The van der Waals surface area contributed by atoms with Gasteiger partial charge in [0.15, 0.2) is 11.5 Å². The molecule has 0 unspecified atom stereocenters. The first kappa shape index (κ1) is 17.1. The van der Waals surface area contributed by atoms with Crippen molar-refractivity contribution in [1.82, 2.24) is 5.01 Å². The molecule has 5 heteroatoms. The van der Waals surface area contributed by atoms with Crippen LogP contribution in [0.3, 0.4) is 0 Å². The molecule has 1 aliphatic heterocycles. The van der Waals surface area contributed by atoms with Crippen molar-refractivity contribution >= 4 is 11.9 Å². The van der Waals surface area contributed by atoms with E-state index in [1.807, 2.05) is 24.4 Å². The van der Waals surface area contributed by atoms with Crippen LogP contribution in [0, 0.1) is 6.92 Å². The fourth-order valence-corrected chi connectivity index (χ4v) is 2.98. The molecule has 0 N–H and O–H groups in total. The zero-order valence-electron chi connectivity index (χ0n) is 15.1. The normalized spacial score (nSPS) is 14.8. The minimum Gasteiger partial charge on any atom is -0.493 e. The van der Waals surface area contributed by atoms with Gasteiger partial charge in [0.05, 0.1) is 33.5 Å². The summed E-state index contributed by atoms with van der Waals surface area (Å²) in [4.78, 5) is 2.40. The van der Waals surface area contributed by atoms with Gasteiger partial charge in [-0.3, -0.25) is 5.01 Å². The number of rotatable bonds is 5. The Bertz CT molecular complexity index is 720. The lowest BCUT2D eigenvalue weighted by molar-refractivity contribution is 0.272. The van der Waals surface area contributed by atoms with Crippen molar-refractivity contribution < 1.29 is 9.47 Å². The molecule has 5 nitrogen and oxygen atoms in total. The Hall–Kier alpha value is -2.69. The molecule has 0 radical (unpaired) electrons. The van der Waals surface area contributed by atoms with Gasteiger partial charge in [0, 0.05) is 24.3 Å². The number of methoxy groups -OCH3 is 2. The van der Waals surface area contributed by atoms with Crippen LogP contribution in [0.15, 0.2) is 47.6 Å². The average molecular weight is 339 g/mol. The summed E-state index contributed by atoms with van der Waals surface area (Å²) in [6.07, 6.45) is 1.85. The van der Waals surface area contributed by atoms with Gasteiger partial charge in [0.1, 0.15) is 0 Å². The SMILES string of the molecule is COc1cccc(/C=N\N2CCN(c3ccc(C)cc3)CC2)c1OC. The number of para-hydroxylation sites is 1. The summed E-state index contributed by atoms with van der Waals surface area (Å²) in [5, 5.41) is 6.73. The topological polar surface area (TPSA) is 37.3 Å². The summed E-state index contributed by atoms with van der Waals surface area (Å²) in [6, 6.07) is 14.5. The molecular formula is C20H25N3O2. The molecule has 0 atom stereocenters. The molecule has 2 aromatic carbocycles. The zero-order chi connectivity index (χ0) is 17.6. The van der Waals surface area contributed by atoms with E-state index in [9.17, 15) is 0 Å². The second-order valence-electron chi connectivity index (χ2n) is 6.10. The van der Waals surface area contributed by atoms with Crippen LogP contribution in [-0.4, -0.2) is 51.6 Å². The monoisotopic (exact) mass is 339 g/mol. The Balaban J connectivity index is 1.62. The fraction of sp³-hybridized carbons (Fsp3) is 0.350. The predicted octanol–water partition coefficient (Wildman–Crippen LogP) is 3.17. The van der Waals surface area contributed by atoms with E-state index in [4.69, 9.17) is 9.47 Å². The first-order valence-corrected chi connectivity index (χ1v) is 8.53. The van der Waals surface area contributed by atoms with Crippen molar-refractivity contribution in [1.29, 1.82) is 0 Å². The third kappa shape index (κ3) is 4.05. The molecular weight excluding hydrogens is 314 g/mol. The molecule has 1 fully saturated rings. The Morgan fingerprint density at radius 2 is 1.64 bits per heavy atom. The zero-order valence-corrected chi connectivity index (χ0v) is 15.1. The molecule has 0 bridgehead atoms. The molecule has 132 valence electrons. The maximum absolute atomic E-state index is 5.45. The number of hydrazone groups is 1. The number of benzene rings is 2. The molecule has 0 amide bonds. The summed E-state index contributed by atoms with van der Waals surface area (Å²) < 4.78 is 10.8. The van der Waals surface area contributed by atoms with Crippen LogP contribution in [0.1, 0.15) is 11.1 Å². The maximum atomic E-state index is 5.45. The van der Waals surface area contributed by atoms with Gasteiger partial charge in [0.25, 0.3) is 0 Å². The van der Waals surface area contributed by atoms with Gasteiger partial charge in [-0.25, -0.2) is 0 Å². The van der Waals surface area contributed by atoms with Crippen molar-refractivity contribution in [3.63, 3.8) is 0 Å². The van der Waals surface area contributed by atoms with Gasteiger partial charge < -0.3 is 14.4 Å². The maximum Gasteiger partial charge on any atom is 0.169 e. The summed E-state index contributed by atoms with van der Waals surface area (Å²) in [5.41, 5.74) is 3.49. The number of hydrogen-bond donors (Lipinski definition) is 0. The van der Waals surface area contributed by atoms with Crippen LogP contribution in [-0.2, 0) is 0 Å². The minimum atomic E-state index is 0.715. The second kappa shape index (κ2) is 7.92. The Kier molecular flexibility index (Phi) is 5.43. The number of hydrogen-bond acceptors (Lipinski definition) is 5. The van der Waals surface area contributed by atoms with Gasteiger partial charge in [0.2, 0.25) is 0 Å². The van der Waals surface area contributed by atoms with Gasteiger partial charge >= 0.3 is 0 Å². The lowest BCUT2D eigenvalue weighted by Crippen LogP contribution is -2.44. The highest BCUT2D eigenvalue weighted by Crippen LogP contribution is 2.29. The highest BCUT2D eigenvalue weighted by molar-refractivity contribution is 5.84. The summed E-state index contributed by atoms with van der Waals surface area (Å²) in [5.74, 6) is 1.43. The van der Waals surface area contributed by atoms with E-state index in [2.05, 4.69) is 46.2 Å². The largest absolute Gasteiger partial charge is 0.493 e. The van der Waals surface area contributed by atoms with Crippen LogP contribution in [0.5, 0.6) is 11.5 Å². The minimum absolute atomic E-state index is 0.715.